The van der Waals surface area contributed by atoms with Crippen molar-refractivity contribution in [1.82, 2.24) is 10.3 Å². The van der Waals surface area contributed by atoms with Crippen LogP contribution in [0.2, 0.25) is 0 Å². The second-order valence-electron chi connectivity index (χ2n) is 7.42. The number of benzene rings is 2. The van der Waals surface area contributed by atoms with E-state index in [0.717, 1.165) is 33.1 Å². The molecule has 8 nitrogen and oxygen atoms in total. The molecule has 160 valence electrons. The molecule has 0 atom stereocenters. The number of thioether (sulfide) groups is 1. The van der Waals surface area contributed by atoms with Crippen LogP contribution in [0.15, 0.2) is 45.7 Å². The number of carbonyl (C=O) groups is 1. The number of hydrogen-bond donors (Lipinski definition) is 1. The summed E-state index contributed by atoms with van der Waals surface area (Å²) in [5.74, 6) is 0.412. The van der Waals surface area contributed by atoms with Crippen LogP contribution in [0.3, 0.4) is 0 Å². The van der Waals surface area contributed by atoms with Gasteiger partial charge in [-0.2, -0.15) is 0 Å². The van der Waals surface area contributed by atoms with Crippen molar-refractivity contribution >= 4 is 62.5 Å². The Morgan fingerprint density at radius 3 is 2.87 bits per heavy atom. The van der Waals surface area contributed by atoms with Crippen molar-refractivity contribution in [3.63, 3.8) is 0 Å². The molecule has 31 heavy (non-hydrogen) atoms. The average molecular weight is 456 g/mol. The molecule has 1 aliphatic rings. The number of anilines is 1. The van der Waals surface area contributed by atoms with Gasteiger partial charge in [0.25, 0.3) is 5.69 Å². The molecule has 1 fully saturated rings. The minimum absolute atomic E-state index is 0.0410. The third kappa shape index (κ3) is 5.39. The molecule has 0 unspecified atom stereocenters. The Bertz CT molecular complexity index is 1170. The molecule has 1 amide bonds. The topological polar surface area (TPSA) is 101 Å². The number of nitro groups is 1. The van der Waals surface area contributed by atoms with Gasteiger partial charge < -0.3 is 10.2 Å². The van der Waals surface area contributed by atoms with Crippen molar-refractivity contribution in [1.29, 1.82) is 0 Å². The van der Waals surface area contributed by atoms with Crippen molar-refractivity contribution in [3.8, 4) is 0 Å². The highest BCUT2D eigenvalue weighted by molar-refractivity contribution is 8.01. The Hall–Kier alpha value is -2.98. The molecule has 0 bridgehead atoms. The first-order chi connectivity index (χ1) is 14.9. The third-order valence-electron chi connectivity index (χ3n) is 4.66. The van der Waals surface area contributed by atoms with Gasteiger partial charge >= 0.3 is 0 Å². The van der Waals surface area contributed by atoms with E-state index in [-0.39, 0.29) is 16.5 Å². The van der Waals surface area contributed by atoms with E-state index in [1.165, 1.54) is 29.2 Å². The number of nitrogens with zero attached hydrogens (tertiary/aromatic N) is 4. The van der Waals surface area contributed by atoms with Crippen LogP contribution in [0.5, 0.6) is 0 Å². The number of aliphatic imine (C=N–C) groups is 1. The van der Waals surface area contributed by atoms with Crippen molar-refractivity contribution in [2.45, 2.75) is 23.2 Å². The summed E-state index contributed by atoms with van der Waals surface area (Å²) in [7, 11) is 3.54. The summed E-state index contributed by atoms with van der Waals surface area (Å²) in [6.45, 7) is 0. The van der Waals surface area contributed by atoms with Gasteiger partial charge in [-0.05, 0) is 42.7 Å². The van der Waals surface area contributed by atoms with Crippen LogP contribution < -0.4 is 10.2 Å². The molecule has 0 aliphatic heterocycles. The lowest BCUT2D eigenvalue weighted by atomic mass is 10.1. The average Bonchev–Trinajstić information content (AvgIpc) is 3.45. The summed E-state index contributed by atoms with van der Waals surface area (Å²) < 4.78 is 1.82. The Morgan fingerprint density at radius 1 is 1.35 bits per heavy atom. The monoisotopic (exact) mass is 455 g/mol. The van der Waals surface area contributed by atoms with E-state index in [2.05, 4.69) is 15.3 Å². The van der Waals surface area contributed by atoms with Crippen LogP contribution in [0.25, 0.3) is 10.2 Å². The Balaban J connectivity index is 1.47. The molecule has 1 heterocycles. The molecule has 4 rings (SSSR count). The summed E-state index contributed by atoms with van der Waals surface area (Å²) in [5, 5.41) is 14.3. The minimum Gasteiger partial charge on any atom is -0.372 e. The molecule has 0 radical (unpaired) electrons. The first kappa shape index (κ1) is 21.3. The van der Waals surface area contributed by atoms with Gasteiger partial charge in [0.2, 0.25) is 5.91 Å². The van der Waals surface area contributed by atoms with E-state index >= 15 is 0 Å². The van der Waals surface area contributed by atoms with Gasteiger partial charge in [0.05, 0.1) is 26.6 Å². The first-order valence-corrected chi connectivity index (χ1v) is 11.5. The van der Waals surface area contributed by atoms with Crippen LogP contribution >= 0.6 is 23.1 Å². The van der Waals surface area contributed by atoms with Crippen molar-refractivity contribution in [2.24, 2.45) is 4.99 Å². The molecule has 1 aliphatic carbocycles. The van der Waals surface area contributed by atoms with E-state index < -0.39 is 0 Å². The molecule has 1 N–H and O–H groups in total. The molecular formula is C21H21N5O3S2. The van der Waals surface area contributed by atoms with Gasteiger partial charge in [-0.25, -0.2) is 4.98 Å². The van der Waals surface area contributed by atoms with Gasteiger partial charge in [0, 0.05) is 32.4 Å². The Kier molecular flexibility index (Phi) is 6.19. The number of aromatic nitrogens is 1. The summed E-state index contributed by atoms with van der Waals surface area (Å²) in [6, 6.07) is 11.1. The number of fused-ring (bicyclic) bond motifs is 1. The summed E-state index contributed by atoms with van der Waals surface area (Å²) in [4.78, 5) is 33.6. The van der Waals surface area contributed by atoms with Crippen LogP contribution in [-0.4, -0.2) is 47.9 Å². The van der Waals surface area contributed by atoms with Gasteiger partial charge in [-0.1, -0.05) is 17.8 Å². The molecule has 0 spiro atoms. The van der Waals surface area contributed by atoms with Crippen molar-refractivity contribution < 1.29 is 9.72 Å². The van der Waals surface area contributed by atoms with Gasteiger partial charge in [-0.3, -0.25) is 19.9 Å². The number of rotatable bonds is 8. The lowest BCUT2D eigenvalue weighted by molar-refractivity contribution is -0.384. The predicted octanol–water partition coefficient (Wildman–Crippen LogP) is 4.39. The van der Waals surface area contributed by atoms with E-state index in [1.54, 1.807) is 37.3 Å². The summed E-state index contributed by atoms with van der Waals surface area (Å²) >= 11 is 2.96. The highest BCUT2D eigenvalue weighted by atomic mass is 32.2. The zero-order valence-electron chi connectivity index (χ0n) is 17.1. The SMILES string of the molecule is CN(C)c1ccc(C=Nc2ccc3nc(SCC(=O)NC4CC4)sc3c2)cc1[N+](=O)[O-]. The first-order valence-electron chi connectivity index (χ1n) is 9.71. The fourth-order valence-corrected chi connectivity index (χ4v) is 4.87. The largest absolute Gasteiger partial charge is 0.372 e. The number of carbonyl (C=O) groups excluding carboxylic acids is 1. The minimum atomic E-state index is -0.389. The van der Waals surface area contributed by atoms with E-state index in [1.807, 2.05) is 18.2 Å². The fourth-order valence-electron chi connectivity index (χ4n) is 2.95. The number of amides is 1. The molecule has 1 saturated carbocycles. The lowest BCUT2D eigenvalue weighted by Crippen LogP contribution is -2.26. The van der Waals surface area contributed by atoms with Crippen LogP contribution in [0.4, 0.5) is 17.1 Å². The number of hydrogen-bond acceptors (Lipinski definition) is 8. The molecule has 2 aromatic carbocycles. The van der Waals surface area contributed by atoms with Gasteiger partial charge in [-0.15, -0.1) is 11.3 Å². The highest BCUT2D eigenvalue weighted by Crippen LogP contribution is 2.32. The quantitative estimate of drug-likeness (QED) is 0.234. The lowest BCUT2D eigenvalue weighted by Gasteiger charge is -2.12. The fraction of sp³-hybridized carbons (Fsp3) is 0.286. The molecular weight excluding hydrogens is 434 g/mol. The maximum atomic E-state index is 11.9. The predicted molar refractivity (Wildman–Crippen MR) is 126 cm³/mol. The molecule has 0 saturated heterocycles. The standard InChI is InChI=1S/C21H21N5O3S2/c1-25(2)17-8-3-13(9-18(17)26(28)29)11-22-15-6-7-16-19(10-15)31-21(24-16)30-12-20(27)23-14-4-5-14/h3,6-11,14H,4-5,12H2,1-2H3,(H,23,27). The smallest absolute Gasteiger partial charge is 0.293 e. The number of nitrogens with one attached hydrogen (secondary N) is 1. The second kappa shape index (κ2) is 9.03. The van der Waals surface area contributed by atoms with Gasteiger partial charge in [0.15, 0.2) is 4.34 Å². The number of nitro benzene ring substituents is 1. The van der Waals surface area contributed by atoms with Crippen LogP contribution in [0.1, 0.15) is 18.4 Å². The third-order valence-corrected chi connectivity index (χ3v) is 6.82. The zero-order chi connectivity index (χ0) is 22.0. The molecule has 3 aromatic rings. The molecule has 1 aromatic heterocycles. The maximum Gasteiger partial charge on any atom is 0.293 e. The highest BCUT2D eigenvalue weighted by Gasteiger charge is 2.23. The second-order valence-corrected chi connectivity index (χ2v) is 9.67. The maximum absolute atomic E-state index is 11.9. The van der Waals surface area contributed by atoms with Crippen molar-refractivity contribution in [2.75, 3.05) is 24.7 Å². The van der Waals surface area contributed by atoms with Crippen molar-refractivity contribution in [3.05, 3.63) is 52.1 Å². The van der Waals surface area contributed by atoms with Gasteiger partial charge in [0.1, 0.15) is 5.69 Å². The zero-order valence-corrected chi connectivity index (χ0v) is 18.7. The number of thiazole rings is 1. The molecule has 10 heteroatoms. The Morgan fingerprint density at radius 2 is 2.16 bits per heavy atom. The van der Waals surface area contributed by atoms with E-state index in [4.69, 9.17) is 0 Å². The Labute approximate surface area is 187 Å². The van der Waals surface area contributed by atoms with Crippen LogP contribution in [0, 0.1) is 10.1 Å². The van der Waals surface area contributed by atoms with Crippen LogP contribution in [-0.2, 0) is 4.79 Å². The summed E-state index contributed by atoms with van der Waals surface area (Å²) in [6.07, 6.45) is 3.77. The summed E-state index contributed by atoms with van der Waals surface area (Å²) in [5.41, 5.74) is 2.83. The van der Waals surface area contributed by atoms with E-state index in [9.17, 15) is 14.9 Å². The van der Waals surface area contributed by atoms with E-state index in [0.29, 0.717) is 23.0 Å². The normalized spacial score (nSPS) is 13.6.